The van der Waals surface area contributed by atoms with Gasteiger partial charge in [-0.25, -0.2) is 4.79 Å². The van der Waals surface area contributed by atoms with E-state index >= 15 is 0 Å². The number of pyridine rings is 1. The highest BCUT2D eigenvalue weighted by atomic mass is 35.5. The van der Waals surface area contributed by atoms with E-state index in [0.717, 1.165) is 0 Å². The molecule has 32 heavy (non-hydrogen) atoms. The number of methoxy groups -OCH3 is 1. The minimum atomic E-state index is -3.81. The third-order valence-corrected chi connectivity index (χ3v) is 8.75. The summed E-state index contributed by atoms with van der Waals surface area (Å²) in [6.45, 7) is 2.34. The van der Waals surface area contributed by atoms with Crippen LogP contribution in [-0.4, -0.2) is 63.6 Å². The van der Waals surface area contributed by atoms with E-state index in [0.29, 0.717) is 54.2 Å². The molecule has 0 spiro atoms. The van der Waals surface area contributed by atoms with Gasteiger partial charge in [-0.3, -0.25) is 9.88 Å². The van der Waals surface area contributed by atoms with E-state index < -0.39 is 16.2 Å². The molecule has 1 saturated carbocycles. The van der Waals surface area contributed by atoms with E-state index in [4.69, 9.17) is 11.6 Å². The van der Waals surface area contributed by atoms with Gasteiger partial charge in [0, 0.05) is 42.5 Å². The number of hydrogen-bond donors (Lipinski definition) is 1. The van der Waals surface area contributed by atoms with Crippen molar-refractivity contribution < 1.29 is 17.9 Å². The van der Waals surface area contributed by atoms with Crippen LogP contribution in [0.5, 0.6) is 0 Å². The molecule has 2 fully saturated rings. The summed E-state index contributed by atoms with van der Waals surface area (Å²) in [5.74, 6) is -0.487. The van der Waals surface area contributed by atoms with Gasteiger partial charge in [-0.15, -0.1) is 0 Å². The van der Waals surface area contributed by atoms with Gasteiger partial charge >= 0.3 is 16.2 Å². The van der Waals surface area contributed by atoms with Crippen molar-refractivity contribution in [3.05, 3.63) is 58.9 Å². The molecular formula is C22H28ClN4O4S+. The number of benzene rings is 1. The molecule has 1 aliphatic heterocycles. The van der Waals surface area contributed by atoms with E-state index in [-0.39, 0.29) is 10.4 Å². The van der Waals surface area contributed by atoms with Crippen LogP contribution >= 0.6 is 11.6 Å². The summed E-state index contributed by atoms with van der Waals surface area (Å²) in [6, 6.07) is 10.9. The zero-order valence-electron chi connectivity index (χ0n) is 18.0. The predicted octanol–water partition coefficient (Wildman–Crippen LogP) is 2.73. The van der Waals surface area contributed by atoms with Gasteiger partial charge in [0.05, 0.1) is 24.9 Å². The van der Waals surface area contributed by atoms with E-state index in [2.05, 4.69) is 19.3 Å². The molecule has 0 amide bonds. The summed E-state index contributed by atoms with van der Waals surface area (Å²) >= 11 is 6.23. The summed E-state index contributed by atoms with van der Waals surface area (Å²) in [5.41, 5.74) is 1.49. The van der Waals surface area contributed by atoms with E-state index in [9.17, 15) is 13.2 Å². The second-order valence-corrected chi connectivity index (χ2v) is 10.6. The molecule has 172 valence electrons. The van der Waals surface area contributed by atoms with Crippen LogP contribution in [0.25, 0.3) is 0 Å². The van der Waals surface area contributed by atoms with Crippen LogP contribution < -0.4 is 8.61 Å². The van der Waals surface area contributed by atoms with Gasteiger partial charge in [-0.05, 0) is 31.0 Å². The first-order chi connectivity index (χ1) is 15.3. The summed E-state index contributed by atoms with van der Waals surface area (Å²) in [5, 5.41) is 0.511. The Morgan fingerprint density at radius 3 is 2.56 bits per heavy atom. The number of rotatable bonds is 7. The molecule has 10 heteroatoms. The number of carbonyl (C=O) groups excluding carboxylic acids is 1. The van der Waals surface area contributed by atoms with Gasteiger partial charge in [-0.2, -0.15) is 17.0 Å². The van der Waals surface area contributed by atoms with Gasteiger partial charge < -0.3 is 4.74 Å². The van der Waals surface area contributed by atoms with Crippen molar-refractivity contribution >= 4 is 33.5 Å². The number of halogens is 1. The van der Waals surface area contributed by atoms with Crippen LogP contribution in [0.4, 0.5) is 5.69 Å². The Hall–Kier alpha value is -2.04. The van der Waals surface area contributed by atoms with Gasteiger partial charge in [0.25, 0.3) is 0 Å². The Morgan fingerprint density at radius 1 is 1.25 bits per heavy atom. The van der Waals surface area contributed by atoms with Crippen molar-refractivity contribution in [1.82, 2.24) is 18.5 Å². The molecule has 1 aromatic heterocycles. The molecule has 1 aromatic carbocycles. The monoisotopic (exact) mass is 479 g/mol. The number of hydrogen-bond acceptors (Lipinski definition) is 6. The fraction of sp³-hybridized carbons (Fsp3) is 0.455. The number of ether oxygens (including phenoxy) is 1. The SMILES string of the molecule is COC(=O)c1ccc(CNS(=O)(=O)[N+]2(c3cccc(Cl)c3)CCN(C3CCC3)CC2)nc1. The maximum absolute atomic E-state index is 13.7. The average molecular weight is 480 g/mol. The average Bonchev–Trinajstić information content (AvgIpc) is 2.77. The van der Waals surface area contributed by atoms with Crippen LogP contribution in [0, 0.1) is 0 Å². The number of esters is 1. The lowest BCUT2D eigenvalue weighted by atomic mass is 9.91. The molecule has 2 aliphatic rings. The molecule has 0 radical (unpaired) electrons. The molecule has 1 saturated heterocycles. The summed E-state index contributed by atoms with van der Waals surface area (Å²) < 4.78 is 34.6. The van der Waals surface area contributed by atoms with Gasteiger partial charge in [0.1, 0.15) is 13.1 Å². The molecule has 8 nitrogen and oxygen atoms in total. The highest BCUT2D eigenvalue weighted by Crippen LogP contribution is 2.34. The topological polar surface area (TPSA) is 88.6 Å². The van der Waals surface area contributed by atoms with Crippen molar-refractivity contribution in [3.8, 4) is 0 Å². The van der Waals surface area contributed by atoms with Crippen LogP contribution in [0.3, 0.4) is 0 Å². The Kier molecular flexibility index (Phi) is 6.83. The lowest BCUT2D eigenvalue weighted by Gasteiger charge is -2.46. The smallest absolute Gasteiger partial charge is 0.375 e. The molecule has 0 atom stereocenters. The molecule has 2 aromatic rings. The van der Waals surface area contributed by atoms with Gasteiger partial charge in [-0.1, -0.05) is 24.1 Å². The third kappa shape index (κ3) is 4.53. The van der Waals surface area contributed by atoms with Crippen LogP contribution in [0.15, 0.2) is 42.6 Å². The molecule has 2 heterocycles. The van der Waals surface area contributed by atoms with Crippen molar-refractivity contribution in [2.75, 3.05) is 33.3 Å². The van der Waals surface area contributed by atoms with Crippen molar-refractivity contribution in [2.24, 2.45) is 0 Å². The maximum atomic E-state index is 13.7. The number of aromatic nitrogens is 1. The first-order valence-electron chi connectivity index (χ1n) is 10.7. The fourth-order valence-electron chi connectivity index (χ4n) is 4.34. The Labute approximate surface area is 193 Å². The standard InChI is InChI=1S/C22H28ClN4O4S/c1-31-22(28)17-8-9-19(24-15-17)16-25-32(29,30)27(21-7-2-4-18(23)14-21)12-10-26(11-13-27)20-5-3-6-20/h2,4,7-9,14-15,20,25H,3,5-6,10-13,16H2,1H3/q+1. The van der Waals surface area contributed by atoms with Crippen LogP contribution in [0.2, 0.25) is 5.02 Å². The molecule has 1 N–H and O–H groups in total. The number of carbonyl (C=O) groups is 1. The quantitative estimate of drug-likeness (QED) is 0.485. The van der Waals surface area contributed by atoms with E-state index in [1.165, 1.54) is 32.6 Å². The molecular weight excluding hydrogens is 452 g/mol. The first kappa shape index (κ1) is 23.1. The molecule has 0 unspecified atom stereocenters. The summed E-state index contributed by atoms with van der Waals surface area (Å²) in [7, 11) is -2.51. The van der Waals surface area contributed by atoms with Crippen molar-refractivity contribution in [1.29, 1.82) is 0 Å². The predicted molar refractivity (Wildman–Crippen MR) is 124 cm³/mol. The Balaban J connectivity index is 1.55. The number of nitrogens with one attached hydrogen (secondary N) is 1. The van der Waals surface area contributed by atoms with E-state index in [1.54, 1.807) is 30.3 Å². The highest BCUT2D eigenvalue weighted by molar-refractivity contribution is 7.89. The fourth-order valence-corrected chi connectivity index (χ4v) is 6.14. The summed E-state index contributed by atoms with van der Waals surface area (Å²) in [4.78, 5) is 18.2. The zero-order valence-corrected chi connectivity index (χ0v) is 19.6. The second-order valence-electron chi connectivity index (χ2n) is 8.26. The van der Waals surface area contributed by atoms with Crippen LogP contribution in [-0.2, 0) is 21.5 Å². The van der Waals surface area contributed by atoms with E-state index in [1.807, 2.05) is 6.07 Å². The number of quaternary nitrogens is 1. The minimum absolute atomic E-state index is 0.0245. The number of nitrogens with zero attached hydrogens (tertiary/aromatic N) is 3. The molecule has 0 bridgehead atoms. The second kappa shape index (κ2) is 9.44. The summed E-state index contributed by atoms with van der Waals surface area (Å²) in [6.07, 6.45) is 5.01. The lowest BCUT2D eigenvalue weighted by molar-refractivity contribution is 0.0600. The number of piperazine rings is 1. The van der Waals surface area contributed by atoms with Crippen molar-refractivity contribution in [3.63, 3.8) is 0 Å². The minimum Gasteiger partial charge on any atom is -0.465 e. The van der Waals surface area contributed by atoms with Gasteiger partial charge in [0.2, 0.25) is 0 Å². The van der Waals surface area contributed by atoms with Crippen molar-refractivity contribution in [2.45, 2.75) is 31.8 Å². The maximum Gasteiger partial charge on any atom is 0.375 e. The third-order valence-electron chi connectivity index (χ3n) is 6.51. The molecule has 1 aliphatic carbocycles. The molecule has 4 rings (SSSR count). The Morgan fingerprint density at radius 2 is 2.00 bits per heavy atom. The van der Waals surface area contributed by atoms with Gasteiger partial charge in [0.15, 0.2) is 5.69 Å². The largest absolute Gasteiger partial charge is 0.465 e. The zero-order chi connectivity index (χ0) is 22.8. The first-order valence-corrected chi connectivity index (χ1v) is 12.6. The van der Waals surface area contributed by atoms with Crippen LogP contribution in [0.1, 0.15) is 35.3 Å². The normalized spacial score (nSPS) is 19.3. The lowest BCUT2D eigenvalue weighted by Crippen LogP contribution is -2.67. The Bertz CT molecular complexity index is 1070. The highest BCUT2D eigenvalue weighted by Gasteiger charge is 2.48.